The Labute approximate surface area is 316 Å². The molecule has 0 aliphatic carbocycles. The molecule has 0 saturated heterocycles. The maximum atomic E-state index is 13.5. The van der Waals surface area contributed by atoms with Gasteiger partial charge in [0.2, 0.25) is 29.3 Å². The van der Waals surface area contributed by atoms with Crippen LogP contribution < -0.4 is 26.3 Å². The number of allylic oxidation sites excluding steroid dienone is 2. The number of hydrogen-bond donors (Lipinski definition) is 4. The number of thiazole rings is 1. The smallest absolute Gasteiger partial charge is 0.317 e. The molecule has 286 valence electrons. The summed E-state index contributed by atoms with van der Waals surface area (Å²) >= 11 is 1.14. The monoisotopic (exact) mass is 770 g/mol. The Hall–Kier alpha value is -6.47. The first-order valence-electron chi connectivity index (χ1n) is 17.3. The van der Waals surface area contributed by atoms with E-state index in [1.807, 2.05) is 13.8 Å². The molecule has 0 aliphatic heterocycles. The topological polar surface area (TPSA) is 262 Å². The number of hydrogen-bond acceptors (Lipinski definition) is 13. The number of primary amides is 2. The first-order chi connectivity index (χ1) is 26.4. The number of nitrogens with one attached hydrogen (secondary N) is 1. The second-order valence-corrected chi connectivity index (χ2v) is 13.2. The fourth-order valence-corrected chi connectivity index (χ4v) is 6.80. The average molecular weight is 771 g/mol. The van der Waals surface area contributed by atoms with Crippen molar-refractivity contribution >= 4 is 62.3 Å². The molecule has 6 aromatic rings. The van der Waals surface area contributed by atoms with Crippen LogP contribution in [0.2, 0.25) is 0 Å². The van der Waals surface area contributed by atoms with Crippen LogP contribution in [0.4, 0.5) is 5.95 Å². The van der Waals surface area contributed by atoms with Crippen LogP contribution in [0, 0.1) is 13.8 Å². The van der Waals surface area contributed by atoms with Crippen molar-refractivity contribution in [3.05, 3.63) is 87.2 Å². The summed E-state index contributed by atoms with van der Waals surface area (Å²) in [5.41, 5.74) is 13.6. The normalized spacial score (nSPS) is 12.0. The molecule has 6 rings (SSSR count). The molecule has 18 nitrogen and oxygen atoms in total. The second kappa shape index (κ2) is 16.3. The van der Waals surface area contributed by atoms with Gasteiger partial charge in [0, 0.05) is 51.7 Å². The van der Waals surface area contributed by atoms with Crippen LogP contribution in [-0.2, 0) is 25.9 Å². The van der Waals surface area contributed by atoms with Crippen molar-refractivity contribution in [3.63, 3.8) is 0 Å². The third kappa shape index (κ3) is 8.06. The molecule has 0 radical (unpaired) electrons. The van der Waals surface area contributed by atoms with Crippen molar-refractivity contribution in [2.24, 2.45) is 16.5 Å². The van der Waals surface area contributed by atoms with Gasteiger partial charge in [0.05, 0.1) is 33.8 Å². The Bertz CT molecular complexity index is 2560. The predicted molar refractivity (Wildman–Crippen MR) is 200 cm³/mol. The van der Waals surface area contributed by atoms with Gasteiger partial charge < -0.3 is 34.7 Å². The molecule has 0 atom stereocenters. The highest BCUT2D eigenvalue weighted by Crippen LogP contribution is 2.32. The number of carbonyl (C=O) groups is 4. The van der Waals surface area contributed by atoms with E-state index in [1.54, 1.807) is 41.2 Å². The number of aryl methyl sites for hydroxylation is 4. The lowest BCUT2D eigenvalue weighted by Crippen LogP contribution is -2.18. The number of fused-ring (bicyclic) bond motifs is 2. The Morgan fingerprint density at radius 3 is 2.24 bits per heavy atom. The number of ether oxygens (including phenoxy) is 1. The number of amides is 4. The van der Waals surface area contributed by atoms with Crippen molar-refractivity contribution in [3.8, 4) is 5.75 Å². The highest BCUT2D eigenvalue weighted by atomic mass is 32.1. The van der Waals surface area contributed by atoms with Gasteiger partial charge in [-0.25, -0.2) is 19.9 Å². The molecule has 1 aromatic carbocycles. The molecule has 0 bridgehead atoms. The summed E-state index contributed by atoms with van der Waals surface area (Å²) in [5, 5.41) is 12.2. The van der Waals surface area contributed by atoms with Crippen molar-refractivity contribution in [1.29, 1.82) is 0 Å². The molecule has 5 heterocycles. The zero-order valence-corrected chi connectivity index (χ0v) is 31.2. The molecule has 6 N–H and O–H groups in total. The summed E-state index contributed by atoms with van der Waals surface area (Å²) in [6.45, 7) is 7.29. The minimum Gasteiger partial charge on any atom is -0.491 e. The zero-order valence-electron chi connectivity index (χ0n) is 30.4. The van der Waals surface area contributed by atoms with E-state index in [0.29, 0.717) is 63.8 Å². The Balaban J connectivity index is 1.41. The highest BCUT2D eigenvalue weighted by Gasteiger charge is 2.24. The largest absolute Gasteiger partial charge is 0.491 e. The average Bonchev–Trinajstić information content (AvgIpc) is 3.92. The van der Waals surface area contributed by atoms with E-state index in [4.69, 9.17) is 25.0 Å². The summed E-state index contributed by atoms with van der Waals surface area (Å²) in [6, 6.07) is 4.56. The van der Waals surface area contributed by atoms with Crippen molar-refractivity contribution in [1.82, 2.24) is 29.1 Å². The minimum atomic E-state index is -0.709. The summed E-state index contributed by atoms with van der Waals surface area (Å²) in [5.74, 6) is -1.46. The van der Waals surface area contributed by atoms with Crippen LogP contribution in [0.3, 0.4) is 0 Å². The maximum absolute atomic E-state index is 13.5. The highest BCUT2D eigenvalue weighted by molar-refractivity contribution is 7.16. The zero-order chi connectivity index (χ0) is 39.4. The van der Waals surface area contributed by atoms with E-state index in [2.05, 4.69) is 30.2 Å². The van der Waals surface area contributed by atoms with Crippen molar-refractivity contribution in [2.75, 3.05) is 18.5 Å². The third-order valence-electron chi connectivity index (χ3n) is 8.30. The van der Waals surface area contributed by atoms with E-state index < -0.39 is 23.6 Å². The van der Waals surface area contributed by atoms with Gasteiger partial charge >= 0.3 is 5.91 Å². The van der Waals surface area contributed by atoms with Crippen molar-refractivity contribution in [2.45, 2.75) is 60.0 Å². The molecule has 55 heavy (non-hydrogen) atoms. The van der Waals surface area contributed by atoms with E-state index in [0.717, 1.165) is 11.3 Å². The number of nitrogens with two attached hydrogens (primary N) is 2. The van der Waals surface area contributed by atoms with Gasteiger partial charge in [0.25, 0.3) is 5.91 Å². The molecular weight excluding hydrogens is 733 g/mol. The molecule has 0 fully saturated rings. The molecule has 19 heteroatoms. The number of aromatic nitrogens is 6. The molecule has 4 amide bonds. The number of aliphatic hydroxyl groups is 1. The van der Waals surface area contributed by atoms with Gasteiger partial charge in [0.15, 0.2) is 22.2 Å². The number of benzene rings is 1. The van der Waals surface area contributed by atoms with Gasteiger partial charge in [-0.05, 0) is 31.0 Å². The Kier molecular flexibility index (Phi) is 11.3. The first-order valence-corrected chi connectivity index (χ1v) is 18.1. The molecular formula is C36H38N10O8S. The van der Waals surface area contributed by atoms with E-state index in [-0.39, 0.29) is 65.4 Å². The number of carbonyl (C=O) groups excluding carboxylic acids is 4. The number of aliphatic hydroxyl groups excluding tert-OH is 1. The number of nitrogens with zero attached hydrogens (tertiary/aromatic N) is 7. The SMILES string of the molecule is CCc1nc(C)oc1C(=O)N=c1sc2cc(C(N)=O)cnc2n1C/C=C/Cn1c(NC(=O)c2oc(C)nc2CC)nc2cc(C(N)=O)cc(OCCCO)c21. The van der Waals surface area contributed by atoms with Gasteiger partial charge in [-0.3, -0.25) is 29.1 Å². The second-order valence-electron chi connectivity index (χ2n) is 12.2. The van der Waals surface area contributed by atoms with E-state index in [1.165, 1.54) is 18.3 Å². The molecule has 5 aromatic heterocycles. The Morgan fingerprint density at radius 1 is 0.927 bits per heavy atom. The molecule has 0 aliphatic rings. The fourth-order valence-electron chi connectivity index (χ4n) is 5.76. The van der Waals surface area contributed by atoms with Crippen LogP contribution in [0.5, 0.6) is 5.75 Å². The van der Waals surface area contributed by atoms with Gasteiger partial charge in [-0.2, -0.15) is 4.99 Å². The van der Waals surface area contributed by atoms with Crippen molar-refractivity contribution < 1.29 is 37.9 Å². The lowest BCUT2D eigenvalue weighted by molar-refractivity contribution is 0.0965. The first kappa shape index (κ1) is 38.3. The van der Waals surface area contributed by atoms with E-state index >= 15 is 0 Å². The van der Waals surface area contributed by atoms with Gasteiger partial charge in [-0.15, -0.1) is 0 Å². The lowest BCUT2D eigenvalue weighted by atomic mass is 10.1. The third-order valence-corrected chi connectivity index (χ3v) is 9.32. The fraction of sp³-hybridized carbons (Fsp3) is 0.306. The number of imidazole rings is 1. The lowest BCUT2D eigenvalue weighted by Gasteiger charge is -2.12. The summed E-state index contributed by atoms with van der Waals surface area (Å²) < 4.78 is 21.1. The maximum Gasteiger partial charge on any atom is 0.317 e. The van der Waals surface area contributed by atoms with Crippen LogP contribution in [-0.4, -0.2) is 71.0 Å². The standard InChI is InChI=1S/C36H38N10O8S/c1-5-22-28(53-18(3)40-22)33(50)43-35-42-24-14-20(30(37)48)15-25(52-13-9-12-47)27(24)45(35)10-7-8-11-46-32-26(16-21(17-39-32)31(38)49)55-36(46)44-34(51)29-23(6-2)41-19(4)54-29/h7-8,14-17,47H,5-6,9-13H2,1-4H3,(H2,37,48)(H2,38,49)(H,42,43,50)/b8-7+,44-36?. The van der Waals surface area contributed by atoms with E-state index in [9.17, 15) is 24.3 Å². The molecule has 0 unspecified atom stereocenters. The Morgan fingerprint density at radius 2 is 1.58 bits per heavy atom. The summed E-state index contributed by atoms with van der Waals surface area (Å²) in [4.78, 5) is 73.4. The number of pyridine rings is 1. The van der Waals surface area contributed by atoms with Crippen LogP contribution in [0.1, 0.15) is 85.3 Å². The molecule has 0 saturated carbocycles. The van der Waals surface area contributed by atoms with Crippen LogP contribution in [0.25, 0.3) is 21.4 Å². The summed E-state index contributed by atoms with van der Waals surface area (Å²) in [6.07, 6.45) is 6.18. The van der Waals surface area contributed by atoms with Gasteiger partial charge in [0.1, 0.15) is 11.3 Å². The number of rotatable bonds is 15. The molecule has 0 spiro atoms. The number of anilines is 1. The quantitative estimate of drug-likeness (QED) is 0.0865. The minimum absolute atomic E-state index is 0.0370. The van der Waals surface area contributed by atoms with Crippen LogP contribution in [0.15, 0.2) is 50.4 Å². The van der Waals surface area contributed by atoms with Crippen LogP contribution >= 0.6 is 11.3 Å². The number of oxazole rings is 2. The predicted octanol–water partition coefficient (Wildman–Crippen LogP) is 3.37. The van der Waals surface area contributed by atoms with Gasteiger partial charge in [-0.1, -0.05) is 37.3 Å². The summed E-state index contributed by atoms with van der Waals surface area (Å²) in [7, 11) is 0.